The maximum absolute atomic E-state index is 11.2. The summed E-state index contributed by atoms with van der Waals surface area (Å²) in [5.74, 6) is 0.461. The highest BCUT2D eigenvalue weighted by molar-refractivity contribution is 6.06. The summed E-state index contributed by atoms with van der Waals surface area (Å²) in [7, 11) is 0. The molecule has 0 bridgehead atoms. The lowest BCUT2D eigenvalue weighted by atomic mass is 9.94. The minimum atomic E-state index is -0.157. The van der Waals surface area contributed by atoms with Gasteiger partial charge in [-0.15, -0.1) is 0 Å². The van der Waals surface area contributed by atoms with Crippen molar-refractivity contribution in [3.8, 4) is 5.75 Å². The molecule has 6 heteroatoms. The van der Waals surface area contributed by atoms with E-state index in [1.54, 1.807) is 6.07 Å². The van der Waals surface area contributed by atoms with Gasteiger partial charge in [-0.25, -0.2) is 5.43 Å². The summed E-state index contributed by atoms with van der Waals surface area (Å²) in [5.41, 5.74) is 4.86. The smallest absolute Gasteiger partial charge is 0.262 e. The van der Waals surface area contributed by atoms with Crippen LogP contribution in [0, 0.1) is 5.92 Å². The Bertz CT molecular complexity index is 595. The third kappa shape index (κ3) is 2.16. The van der Waals surface area contributed by atoms with E-state index in [4.69, 9.17) is 4.74 Å². The average Bonchev–Trinajstić information content (AvgIpc) is 2.38. The Morgan fingerprint density at radius 3 is 2.95 bits per heavy atom. The average molecular weight is 259 g/mol. The van der Waals surface area contributed by atoms with E-state index < -0.39 is 0 Å². The van der Waals surface area contributed by atoms with Gasteiger partial charge in [0.1, 0.15) is 5.75 Å². The van der Waals surface area contributed by atoms with Crippen molar-refractivity contribution in [2.24, 2.45) is 11.0 Å². The monoisotopic (exact) mass is 259 g/mol. The first-order valence-corrected chi connectivity index (χ1v) is 6.07. The Morgan fingerprint density at radius 1 is 1.32 bits per heavy atom. The number of carbonyl (C=O) groups excluding carboxylic acids is 2. The summed E-state index contributed by atoms with van der Waals surface area (Å²) in [4.78, 5) is 22.4. The minimum Gasteiger partial charge on any atom is -0.482 e. The van der Waals surface area contributed by atoms with Crippen LogP contribution in [0.5, 0.6) is 5.75 Å². The Balaban J connectivity index is 1.94. The lowest BCUT2D eigenvalue weighted by Gasteiger charge is -2.22. The van der Waals surface area contributed by atoms with E-state index in [9.17, 15) is 9.59 Å². The fourth-order valence-electron chi connectivity index (χ4n) is 2.24. The highest BCUT2D eigenvalue weighted by Gasteiger charge is 2.23. The van der Waals surface area contributed by atoms with E-state index in [0.717, 1.165) is 11.3 Å². The van der Waals surface area contributed by atoms with Gasteiger partial charge in [0.05, 0.1) is 11.4 Å². The molecule has 0 fully saturated rings. The molecule has 0 spiro atoms. The predicted octanol–water partition coefficient (Wildman–Crippen LogP) is 0.878. The highest BCUT2D eigenvalue weighted by atomic mass is 16.5. The molecule has 0 radical (unpaired) electrons. The van der Waals surface area contributed by atoms with E-state index in [1.165, 1.54) is 0 Å². The maximum Gasteiger partial charge on any atom is 0.262 e. The van der Waals surface area contributed by atoms with Crippen molar-refractivity contribution in [1.29, 1.82) is 0 Å². The number of hydrazone groups is 1. The lowest BCUT2D eigenvalue weighted by Crippen LogP contribution is -2.32. The zero-order valence-electron chi connectivity index (χ0n) is 10.4. The second-order valence-electron chi connectivity index (χ2n) is 4.68. The van der Waals surface area contributed by atoms with Crippen LogP contribution in [0.25, 0.3) is 0 Å². The van der Waals surface area contributed by atoms with Crippen molar-refractivity contribution in [3.05, 3.63) is 23.8 Å². The Kier molecular flexibility index (Phi) is 2.70. The van der Waals surface area contributed by atoms with Gasteiger partial charge in [0.25, 0.3) is 5.91 Å². The summed E-state index contributed by atoms with van der Waals surface area (Å²) >= 11 is 0. The van der Waals surface area contributed by atoms with E-state index in [0.29, 0.717) is 17.9 Å². The number of hydrogen-bond donors (Lipinski definition) is 2. The Morgan fingerprint density at radius 2 is 2.16 bits per heavy atom. The van der Waals surface area contributed by atoms with Gasteiger partial charge in [0.2, 0.25) is 5.91 Å². The van der Waals surface area contributed by atoms with Crippen LogP contribution in [0.4, 0.5) is 5.69 Å². The number of amides is 2. The topological polar surface area (TPSA) is 79.8 Å². The molecule has 1 aromatic carbocycles. The first-order valence-electron chi connectivity index (χ1n) is 6.07. The number of hydrogen-bond acceptors (Lipinski definition) is 4. The normalized spacial score (nSPS) is 21.7. The van der Waals surface area contributed by atoms with Crippen LogP contribution in [-0.4, -0.2) is 24.1 Å². The molecule has 2 aliphatic heterocycles. The Hall–Kier alpha value is -2.37. The number of fused-ring (bicyclic) bond motifs is 1. The number of carbonyl (C=O) groups is 2. The highest BCUT2D eigenvalue weighted by Crippen LogP contribution is 2.30. The summed E-state index contributed by atoms with van der Waals surface area (Å²) in [6, 6.07) is 5.48. The first-order chi connectivity index (χ1) is 9.13. The molecule has 98 valence electrons. The molecule has 0 aliphatic carbocycles. The molecule has 2 N–H and O–H groups in total. The molecule has 0 unspecified atom stereocenters. The number of ether oxygens (including phenoxy) is 1. The zero-order valence-corrected chi connectivity index (χ0v) is 10.4. The molecule has 19 heavy (non-hydrogen) atoms. The largest absolute Gasteiger partial charge is 0.482 e. The van der Waals surface area contributed by atoms with Gasteiger partial charge >= 0.3 is 0 Å². The first kappa shape index (κ1) is 11.7. The summed E-state index contributed by atoms with van der Waals surface area (Å²) in [6.45, 7) is 1.98. The van der Waals surface area contributed by atoms with Crippen molar-refractivity contribution < 1.29 is 14.3 Å². The molecule has 2 amide bonds. The van der Waals surface area contributed by atoms with Crippen LogP contribution in [0.15, 0.2) is 23.3 Å². The number of nitrogens with one attached hydrogen (secondary N) is 2. The van der Waals surface area contributed by atoms with Crippen LogP contribution < -0.4 is 15.5 Å². The lowest BCUT2D eigenvalue weighted by molar-refractivity contribution is -0.122. The van der Waals surface area contributed by atoms with Crippen LogP contribution in [0.3, 0.4) is 0 Å². The zero-order chi connectivity index (χ0) is 13.4. The van der Waals surface area contributed by atoms with E-state index in [-0.39, 0.29) is 24.3 Å². The number of anilines is 1. The van der Waals surface area contributed by atoms with Gasteiger partial charge in [-0.3, -0.25) is 9.59 Å². The van der Waals surface area contributed by atoms with Crippen molar-refractivity contribution in [2.45, 2.75) is 13.3 Å². The molecule has 2 heterocycles. The van der Waals surface area contributed by atoms with Crippen LogP contribution in [-0.2, 0) is 9.59 Å². The van der Waals surface area contributed by atoms with Crippen molar-refractivity contribution in [1.82, 2.24) is 5.43 Å². The molecule has 1 aromatic rings. The molecular formula is C13H13N3O3. The molecular weight excluding hydrogens is 246 g/mol. The maximum atomic E-state index is 11.2. The van der Waals surface area contributed by atoms with Gasteiger partial charge in [-0.1, -0.05) is 13.0 Å². The minimum absolute atomic E-state index is 0.0230. The van der Waals surface area contributed by atoms with Gasteiger partial charge < -0.3 is 10.1 Å². The molecule has 2 aliphatic rings. The summed E-state index contributed by atoms with van der Waals surface area (Å²) in [5, 5.41) is 6.83. The molecule has 0 saturated carbocycles. The van der Waals surface area contributed by atoms with Gasteiger partial charge in [0.15, 0.2) is 6.61 Å². The molecule has 0 saturated heterocycles. The third-order valence-corrected chi connectivity index (χ3v) is 3.17. The second-order valence-corrected chi connectivity index (χ2v) is 4.68. The van der Waals surface area contributed by atoms with Gasteiger partial charge in [-0.2, -0.15) is 5.10 Å². The van der Waals surface area contributed by atoms with Gasteiger partial charge in [0, 0.05) is 17.9 Å². The second kappa shape index (κ2) is 4.38. The van der Waals surface area contributed by atoms with Crippen molar-refractivity contribution in [3.63, 3.8) is 0 Å². The quantitative estimate of drug-likeness (QED) is 0.785. The summed E-state index contributed by atoms with van der Waals surface area (Å²) < 4.78 is 5.37. The predicted molar refractivity (Wildman–Crippen MR) is 69.0 cm³/mol. The third-order valence-electron chi connectivity index (χ3n) is 3.17. The van der Waals surface area contributed by atoms with E-state index in [2.05, 4.69) is 15.8 Å². The van der Waals surface area contributed by atoms with Gasteiger partial charge in [-0.05, 0) is 12.1 Å². The fourth-order valence-corrected chi connectivity index (χ4v) is 2.24. The van der Waals surface area contributed by atoms with Crippen molar-refractivity contribution in [2.75, 3.05) is 11.9 Å². The SMILES string of the molecule is C[C@H]1CC(=O)NN=C1c1ccc2c(c1)OCC(=O)N2. The van der Waals surface area contributed by atoms with Crippen LogP contribution in [0.1, 0.15) is 18.9 Å². The van der Waals surface area contributed by atoms with Crippen molar-refractivity contribution >= 4 is 23.2 Å². The molecule has 0 aromatic heterocycles. The van der Waals surface area contributed by atoms with E-state index in [1.807, 2.05) is 19.1 Å². The molecule has 1 atom stereocenters. The van der Waals surface area contributed by atoms with Crippen LogP contribution >= 0.6 is 0 Å². The number of rotatable bonds is 1. The standard InChI is InChI=1S/C13H13N3O3/c1-7-4-11(17)15-16-13(7)8-2-3-9-10(5-8)19-6-12(18)14-9/h2-3,5,7H,4,6H2,1H3,(H,14,18)(H,15,17)/t7-/m0/s1. The number of benzene rings is 1. The van der Waals surface area contributed by atoms with Crippen LogP contribution in [0.2, 0.25) is 0 Å². The Labute approximate surface area is 109 Å². The molecule has 3 rings (SSSR count). The fraction of sp³-hybridized carbons (Fsp3) is 0.308. The molecule has 6 nitrogen and oxygen atoms in total. The van der Waals surface area contributed by atoms with E-state index >= 15 is 0 Å². The number of nitrogens with zero attached hydrogens (tertiary/aromatic N) is 1. The summed E-state index contributed by atoms with van der Waals surface area (Å²) in [6.07, 6.45) is 0.424.